The predicted molar refractivity (Wildman–Crippen MR) is 106 cm³/mol. The molecule has 0 aliphatic heterocycles. The fraction of sp³-hybridized carbons (Fsp3) is 0.222. The van der Waals surface area contributed by atoms with Crippen molar-refractivity contribution < 1.29 is 9.72 Å². The minimum atomic E-state index is -0.425. The maximum Gasteiger partial charge on any atom is 0.270 e. The van der Waals surface area contributed by atoms with E-state index in [2.05, 4.69) is 17.2 Å². The quantitative estimate of drug-likeness (QED) is 0.370. The Kier molecular flexibility index (Phi) is 5.53. The number of carbonyl (C=O) groups excluding carboxylic acids is 1. The number of hydrogen-bond acceptors (Lipinski definition) is 6. The second-order valence-electron chi connectivity index (χ2n) is 5.69. The van der Waals surface area contributed by atoms with Gasteiger partial charge in [0.25, 0.3) is 5.69 Å². The number of fused-ring (bicyclic) bond motifs is 1. The van der Waals surface area contributed by atoms with E-state index < -0.39 is 4.92 Å². The number of thioether (sulfide) groups is 1. The monoisotopic (exact) mass is 387 g/mol. The Morgan fingerprint density at radius 1 is 1.31 bits per heavy atom. The lowest BCUT2D eigenvalue weighted by Gasteiger charge is -2.10. The zero-order valence-electron chi connectivity index (χ0n) is 14.3. The Bertz CT molecular complexity index is 954. The first-order valence-corrected chi connectivity index (χ1v) is 9.77. The molecule has 26 heavy (non-hydrogen) atoms. The molecule has 1 N–H and O–H groups in total. The first-order chi connectivity index (χ1) is 12.5. The van der Waals surface area contributed by atoms with Crippen molar-refractivity contribution in [2.75, 3.05) is 5.32 Å². The molecule has 8 heteroatoms. The Morgan fingerprint density at radius 3 is 2.69 bits per heavy atom. The number of nitro groups is 1. The molecule has 6 nitrogen and oxygen atoms in total. The number of hydrogen-bond donors (Lipinski definition) is 1. The van der Waals surface area contributed by atoms with Crippen LogP contribution in [0.15, 0.2) is 46.8 Å². The van der Waals surface area contributed by atoms with Gasteiger partial charge in [-0.3, -0.25) is 14.9 Å². The lowest BCUT2D eigenvalue weighted by atomic mass is 10.1. The molecule has 0 spiro atoms. The summed E-state index contributed by atoms with van der Waals surface area (Å²) in [5, 5.41) is 13.4. The summed E-state index contributed by atoms with van der Waals surface area (Å²) in [5.41, 5.74) is 2.72. The molecule has 134 valence electrons. The van der Waals surface area contributed by atoms with Crippen LogP contribution >= 0.6 is 23.1 Å². The number of thiazole rings is 1. The molecule has 3 rings (SSSR count). The average Bonchev–Trinajstić information content (AvgIpc) is 3.03. The fourth-order valence-electron chi connectivity index (χ4n) is 2.33. The third-order valence-electron chi connectivity index (χ3n) is 3.84. The highest BCUT2D eigenvalue weighted by molar-refractivity contribution is 8.02. The molecule has 2 aromatic carbocycles. The SMILES string of the molecule is CCc1ccc(NC(=O)[C@@H](C)Sc2nc3ccc([N+](=O)[O-])cc3s2)cc1. The van der Waals surface area contributed by atoms with Gasteiger partial charge in [-0.1, -0.05) is 30.8 Å². The molecule has 1 heterocycles. The van der Waals surface area contributed by atoms with Crippen molar-refractivity contribution in [2.45, 2.75) is 29.9 Å². The molecule has 1 aromatic heterocycles. The van der Waals surface area contributed by atoms with Crippen molar-refractivity contribution in [3.8, 4) is 0 Å². The number of benzene rings is 2. The second-order valence-corrected chi connectivity index (χ2v) is 8.31. The van der Waals surface area contributed by atoms with Crippen LogP contribution in [-0.2, 0) is 11.2 Å². The standard InChI is InChI=1S/C18H17N3O3S2/c1-3-12-4-6-13(7-5-12)19-17(22)11(2)25-18-20-15-9-8-14(21(23)24)10-16(15)26-18/h4-11H,3H2,1-2H3,(H,19,22)/t11-/m1/s1. The van der Waals surface area contributed by atoms with Crippen molar-refractivity contribution in [1.29, 1.82) is 0 Å². The van der Waals surface area contributed by atoms with Crippen molar-refractivity contribution in [3.05, 3.63) is 58.1 Å². The van der Waals surface area contributed by atoms with Gasteiger partial charge in [-0.25, -0.2) is 4.98 Å². The highest BCUT2D eigenvalue weighted by Gasteiger charge is 2.18. The molecule has 0 fully saturated rings. The van der Waals surface area contributed by atoms with Gasteiger partial charge in [0, 0.05) is 17.8 Å². The van der Waals surface area contributed by atoms with E-state index in [1.807, 2.05) is 31.2 Å². The Balaban J connectivity index is 1.68. The molecular formula is C18H17N3O3S2. The zero-order valence-corrected chi connectivity index (χ0v) is 15.9. The third-order valence-corrected chi connectivity index (χ3v) is 6.05. The lowest BCUT2D eigenvalue weighted by Crippen LogP contribution is -2.22. The van der Waals surface area contributed by atoms with Gasteiger partial charge in [0.15, 0.2) is 4.34 Å². The maximum atomic E-state index is 12.4. The Hall–Kier alpha value is -2.45. The molecule has 1 amide bonds. The number of carbonyl (C=O) groups is 1. The third kappa shape index (κ3) is 4.20. The van der Waals surface area contributed by atoms with E-state index in [-0.39, 0.29) is 16.8 Å². The summed E-state index contributed by atoms with van der Waals surface area (Å²) < 4.78 is 1.45. The molecule has 0 radical (unpaired) electrons. The minimum absolute atomic E-state index is 0.0408. The van der Waals surface area contributed by atoms with E-state index in [1.54, 1.807) is 6.07 Å². The van der Waals surface area contributed by atoms with Crippen molar-refractivity contribution >= 4 is 50.6 Å². The highest BCUT2D eigenvalue weighted by Crippen LogP contribution is 2.34. The molecule has 0 aliphatic carbocycles. The largest absolute Gasteiger partial charge is 0.325 e. The number of aryl methyl sites for hydroxylation is 1. The van der Waals surface area contributed by atoms with E-state index >= 15 is 0 Å². The van der Waals surface area contributed by atoms with Crippen LogP contribution in [-0.4, -0.2) is 21.1 Å². The molecule has 0 saturated heterocycles. The van der Waals surface area contributed by atoms with Gasteiger partial charge in [-0.15, -0.1) is 11.3 Å². The van der Waals surface area contributed by atoms with Gasteiger partial charge in [-0.05, 0) is 37.1 Å². The topological polar surface area (TPSA) is 85.1 Å². The summed E-state index contributed by atoms with van der Waals surface area (Å²) in [4.78, 5) is 27.3. The van der Waals surface area contributed by atoms with Crippen LogP contribution in [0.5, 0.6) is 0 Å². The second kappa shape index (κ2) is 7.84. The van der Waals surface area contributed by atoms with Crippen LogP contribution in [0.4, 0.5) is 11.4 Å². The van der Waals surface area contributed by atoms with E-state index in [4.69, 9.17) is 0 Å². The molecule has 0 aliphatic rings. The smallest absolute Gasteiger partial charge is 0.270 e. The van der Waals surface area contributed by atoms with Crippen LogP contribution in [0.2, 0.25) is 0 Å². The number of nitrogens with one attached hydrogen (secondary N) is 1. The van der Waals surface area contributed by atoms with Gasteiger partial charge in [0.05, 0.1) is 20.4 Å². The predicted octanol–water partition coefficient (Wildman–Crippen LogP) is 4.89. The van der Waals surface area contributed by atoms with Gasteiger partial charge < -0.3 is 5.32 Å². The summed E-state index contributed by atoms with van der Waals surface area (Å²) >= 11 is 2.70. The molecule has 1 atom stereocenters. The fourth-order valence-corrected chi connectivity index (χ4v) is 4.57. The lowest BCUT2D eigenvalue weighted by molar-refractivity contribution is -0.384. The summed E-state index contributed by atoms with van der Waals surface area (Å²) in [7, 11) is 0. The molecule has 3 aromatic rings. The zero-order chi connectivity index (χ0) is 18.7. The Labute approximate surface area is 158 Å². The van der Waals surface area contributed by atoms with Gasteiger partial charge in [-0.2, -0.15) is 0 Å². The normalized spacial score (nSPS) is 12.1. The molecule has 0 saturated carbocycles. The van der Waals surface area contributed by atoms with Crippen LogP contribution in [0.1, 0.15) is 19.4 Å². The summed E-state index contributed by atoms with van der Waals surface area (Å²) in [6.45, 7) is 3.90. The van der Waals surface area contributed by atoms with E-state index in [9.17, 15) is 14.9 Å². The highest BCUT2D eigenvalue weighted by atomic mass is 32.2. The molecular weight excluding hydrogens is 370 g/mol. The first-order valence-electron chi connectivity index (χ1n) is 8.07. The number of aromatic nitrogens is 1. The summed E-state index contributed by atoms with van der Waals surface area (Å²) in [6, 6.07) is 12.4. The van der Waals surface area contributed by atoms with E-state index in [0.29, 0.717) is 9.86 Å². The van der Waals surface area contributed by atoms with E-state index in [0.717, 1.165) is 16.8 Å². The van der Waals surface area contributed by atoms with Gasteiger partial charge >= 0.3 is 0 Å². The molecule has 0 unspecified atom stereocenters. The van der Waals surface area contributed by atoms with E-state index in [1.165, 1.54) is 40.8 Å². The van der Waals surface area contributed by atoms with Gasteiger partial charge in [0.2, 0.25) is 5.91 Å². The number of amides is 1. The number of anilines is 1. The first kappa shape index (κ1) is 18.3. The number of nitrogens with zero attached hydrogens (tertiary/aromatic N) is 2. The van der Waals surface area contributed by atoms with Crippen molar-refractivity contribution in [1.82, 2.24) is 4.98 Å². The van der Waals surface area contributed by atoms with Crippen LogP contribution < -0.4 is 5.32 Å². The summed E-state index contributed by atoms with van der Waals surface area (Å²) in [5.74, 6) is -0.107. The van der Waals surface area contributed by atoms with Crippen molar-refractivity contribution in [3.63, 3.8) is 0 Å². The van der Waals surface area contributed by atoms with Crippen LogP contribution in [0.25, 0.3) is 10.2 Å². The number of rotatable bonds is 6. The number of non-ortho nitro benzene ring substituents is 1. The van der Waals surface area contributed by atoms with Crippen molar-refractivity contribution in [2.24, 2.45) is 0 Å². The van der Waals surface area contributed by atoms with Gasteiger partial charge in [0.1, 0.15) is 0 Å². The number of nitro benzene ring substituents is 1. The summed E-state index contributed by atoms with van der Waals surface area (Å²) in [6.07, 6.45) is 0.955. The maximum absolute atomic E-state index is 12.4. The average molecular weight is 387 g/mol. The minimum Gasteiger partial charge on any atom is -0.325 e. The Morgan fingerprint density at radius 2 is 2.04 bits per heavy atom. The van der Waals surface area contributed by atoms with Crippen LogP contribution in [0, 0.1) is 10.1 Å². The van der Waals surface area contributed by atoms with Crippen LogP contribution in [0.3, 0.4) is 0 Å². The molecule has 0 bridgehead atoms.